The molecular weight excluding hydrogens is 356 g/mol. The van der Waals surface area contributed by atoms with E-state index in [2.05, 4.69) is 5.32 Å². The quantitative estimate of drug-likeness (QED) is 0.815. The summed E-state index contributed by atoms with van der Waals surface area (Å²) < 4.78 is 31.5. The van der Waals surface area contributed by atoms with E-state index in [1.54, 1.807) is 0 Å². The third-order valence-electron chi connectivity index (χ3n) is 4.17. The van der Waals surface area contributed by atoms with Crippen LogP contribution in [0.3, 0.4) is 0 Å². The van der Waals surface area contributed by atoms with Crippen LogP contribution in [-0.4, -0.2) is 50.1 Å². The molecular formula is C16H22ClF2N3O3. The number of benzene rings is 1. The van der Waals surface area contributed by atoms with E-state index in [-0.39, 0.29) is 37.1 Å². The molecule has 0 unspecified atom stereocenters. The Kier molecular flexibility index (Phi) is 7.72. The lowest BCUT2D eigenvalue weighted by molar-refractivity contribution is -0.147. The van der Waals surface area contributed by atoms with Gasteiger partial charge in [-0.2, -0.15) is 0 Å². The maximum Gasteiger partial charge on any atom is 0.243 e. The topological polar surface area (TPSA) is 84.7 Å². The van der Waals surface area contributed by atoms with Gasteiger partial charge in [0.05, 0.1) is 12.0 Å². The van der Waals surface area contributed by atoms with Gasteiger partial charge < -0.3 is 20.7 Å². The molecule has 0 spiro atoms. The van der Waals surface area contributed by atoms with Crippen LogP contribution in [0.2, 0.25) is 0 Å². The molecule has 1 heterocycles. The highest BCUT2D eigenvalue weighted by molar-refractivity contribution is 5.95. The fraction of sp³-hybridized carbons (Fsp3) is 0.500. The smallest absolute Gasteiger partial charge is 0.243 e. The van der Waals surface area contributed by atoms with E-state index in [9.17, 15) is 18.4 Å². The summed E-state index contributed by atoms with van der Waals surface area (Å²) in [4.78, 5) is 25.9. The van der Waals surface area contributed by atoms with Crippen LogP contribution in [0.1, 0.15) is 12.8 Å². The average Bonchev–Trinajstić information content (AvgIpc) is 2.53. The van der Waals surface area contributed by atoms with E-state index in [1.165, 1.54) is 11.9 Å². The summed E-state index contributed by atoms with van der Waals surface area (Å²) >= 11 is 0. The molecule has 9 heteroatoms. The van der Waals surface area contributed by atoms with Gasteiger partial charge in [-0.3, -0.25) is 9.59 Å². The number of nitrogens with zero attached hydrogens (tertiary/aromatic N) is 1. The number of carbonyl (C=O) groups is 2. The third kappa shape index (κ3) is 5.35. The molecule has 0 aliphatic carbocycles. The monoisotopic (exact) mass is 377 g/mol. The maximum atomic E-state index is 13.1. The van der Waals surface area contributed by atoms with Crippen molar-refractivity contribution < 1.29 is 23.1 Å². The van der Waals surface area contributed by atoms with Gasteiger partial charge in [-0.1, -0.05) is 0 Å². The van der Waals surface area contributed by atoms with Crippen LogP contribution in [0.5, 0.6) is 0 Å². The van der Waals surface area contributed by atoms with Gasteiger partial charge in [0.15, 0.2) is 0 Å². The molecule has 3 N–H and O–H groups in total. The number of amides is 2. The Morgan fingerprint density at radius 2 is 1.80 bits per heavy atom. The molecule has 1 aromatic rings. The number of rotatable bonds is 5. The first kappa shape index (κ1) is 21.3. The van der Waals surface area contributed by atoms with Crippen molar-refractivity contribution in [3.05, 3.63) is 29.8 Å². The molecule has 1 aliphatic rings. The molecule has 0 bridgehead atoms. The van der Waals surface area contributed by atoms with Crippen LogP contribution >= 0.6 is 12.4 Å². The number of anilines is 1. The number of hydrogen-bond donors (Lipinski definition) is 2. The Morgan fingerprint density at radius 3 is 2.32 bits per heavy atom. The average molecular weight is 378 g/mol. The molecule has 0 aromatic heterocycles. The summed E-state index contributed by atoms with van der Waals surface area (Å²) in [6.07, 6.45) is 1.01. The van der Waals surface area contributed by atoms with E-state index in [0.717, 1.165) is 12.1 Å². The van der Waals surface area contributed by atoms with Crippen molar-refractivity contribution >= 4 is 29.9 Å². The Bertz CT molecular complexity index is 604. The second-order valence-electron chi connectivity index (χ2n) is 5.96. The summed E-state index contributed by atoms with van der Waals surface area (Å²) in [5.41, 5.74) is 5.05. The number of ether oxygens (including phenoxy) is 1. The molecule has 1 saturated heterocycles. The predicted molar refractivity (Wildman–Crippen MR) is 91.4 cm³/mol. The van der Waals surface area contributed by atoms with Crippen molar-refractivity contribution in [2.45, 2.75) is 12.8 Å². The molecule has 1 fully saturated rings. The number of nitrogens with one attached hydrogen (secondary N) is 1. The first-order chi connectivity index (χ1) is 11.4. The molecule has 1 aromatic carbocycles. The number of carbonyl (C=O) groups excluding carboxylic acids is 2. The van der Waals surface area contributed by atoms with Gasteiger partial charge in [-0.05, 0) is 25.0 Å². The van der Waals surface area contributed by atoms with Gasteiger partial charge in [0.1, 0.15) is 11.6 Å². The highest BCUT2D eigenvalue weighted by Gasteiger charge is 2.40. The fourth-order valence-corrected chi connectivity index (χ4v) is 2.79. The number of likely N-dealkylation sites (N-methyl/N-ethyl adjacent to an activating group) is 1. The van der Waals surface area contributed by atoms with Crippen LogP contribution in [-0.2, 0) is 14.3 Å². The van der Waals surface area contributed by atoms with Crippen LogP contribution in [0.4, 0.5) is 14.5 Å². The minimum Gasteiger partial charge on any atom is -0.381 e. The minimum atomic E-state index is -0.793. The van der Waals surface area contributed by atoms with Gasteiger partial charge in [-0.15, -0.1) is 12.4 Å². The Morgan fingerprint density at radius 1 is 1.24 bits per heavy atom. The number of nitrogens with two attached hydrogens (primary N) is 1. The molecule has 6 nitrogen and oxygen atoms in total. The van der Waals surface area contributed by atoms with Gasteiger partial charge in [0.25, 0.3) is 0 Å². The zero-order valence-electron chi connectivity index (χ0n) is 13.9. The summed E-state index contributed by atoms with van der Waals surface area (Å²) in [5, 5.41) is 2.37. The standard InChI is InChI=1S/C16H21F2N3O3.ClH/c1-21(15(23)16(10-19)2-4-24-5-3-16)9-14(22)20-13-7-11(17)6-12(18)8-13;/h6-8H,2-5,9-10,19H2,1H3,(H,20,22);1H. The summed E-state index contributed by atoms with van der Waals surface area (Å²) in [7, 11) is 1.50. The molecule has 1 aliphatic heterocycles. The van der Waals surface area contributed by atoms with Crippen LogP contribution in [0.15, 0.2) is 18.2 Å². The molecule has 0 atom stereocenters. The molecule has 0 saturated carbocycles. The zero-order chi connectivity index (χ0) is 17.7. The van der Waals surface area contributed by atoms with Gasteiger partial charge in [0, 0.05) is 38.6 Å². The van der Waals surface area contributed by atoms with Gasteiger partial charge in [0.2, 0.25) is 11.8 Å². The van der Waals surface area contributed by atoms with Crippen molar-refractivity contribution in [3.8, 4) is 0 Å². The van der Waals surface area contributed by atoms with Crippen molar-refractivity contribution in [2.75, 3.05) is 38.7 Å². The first-order valence-electron chi connectivity index (χ1n) is 7.66. The fourth-order valence-electron chi connectivity index (χ4n) is 2.79. The highest BCUT2D eigenvalue weighted by atomic mass is 35.5. The van der Waals surface area contributed by atoms with Gasteiger partial charge >= 0.3 is 0 Å². The molecule has 0 radical (unpaired) electrons. The van der Waals surface area contributed by atoms with Crippen LogP contribution < -0.4 is 11.1 Å². The van der Waals surface area contributed by atoms with Crippen LogP contribution in [0, 0.1) is 17.0 Å². The van der Waals surface area contributed by atoms with E-state index in [4.69, 9.17) is 10.5 Å². The van der Waals surface area contributed by atoms with Crippen molar-refractivity contribution in [2.24, 2.45) is 11.1 Å². The summed E-state index contributed by atoms with van der Waals surface area (Å²) in [5.74, 6) is -2.36. The van der Waals surface area contributed by atoms with Crippen molar-refractivity contribution in [1.29, 1.82) is 0 Å². The zero-order valence-corrected chi connectivity index (χ0v) is 14.7. The third-order valence-corrected chi connectivity index (χ3v) is 4.17. The van der Waals surface area contributed by atoms with E-state index >= 15 is 0 Å². The van der Waals surface area contributed by atoms with E-state index in [0.29, 0.717) is 32.1 Å². The second kappa shape index (κ2) is 9.07. The maximum absolute atomic E-state index is 13.1. The van der Waals surface area contributed by atoms with Crippen molar-refractivity contribution in [1.82, 2.24) is 4.90 Å². The SMILES string of the molecule is CN(CC(=O)Nc1cc(F)cc(F)c1)C(=O)C1(CN)CCOCC1.Cl. The van der Waals surface area contributed by atoms with E-state index < -0.39 is 23.0 Å². The second-order valence-corrected chi connectivity index (χ2v) is 5.96. The Balaban J connectivity index is 0.00000312. The molecule has 25 heavy (non-hydrogen) atoms. The molecule has 140 valence electrons. The summed E-state index contributed by atoms with van der Waals surface area (Å²) in [6.45, 7) is 0.840. The van der Waals surface area contributed by atoms with Gasteiger partial charge in [-0.25, -0.2) is 8.78 Å². The lowest BCUT2D eigenvalue weighted by Crippen LogP contribution is -2.51. The van der Waals surface area contributed by atoms with E-state index in [1.807, 2.05) is 0 Å². The van der Waals surface area contributed by atoms with Crippen molar-refractivity contribution in [3.63, 3.8) is 0 Å². The normalized spacial score (nSPS) is 15.8. The lowest BCUT2D eigenvalue weighted by Gasteiger charge is -2.37. The molecule has 2 rings (SSSR count). The first-order valence-corrected chi connectivity index (χ1v) is 7.66. The Labute approximate surface area is 151 Å². The lowest BCUT2D eigenvalue weighted by atomic mass is 9.79. The number of hydrogen-bond acceptors (Lipinski definition) is 4. The van der Waals surface area contributed by atoms with Crippen LogP contribution in [0.25, 0.3) is 0 Å². The largest absolute Gasteiger partial charge is 0.381 e. The molecule has 2 amide bonds. The minimum absolute atomic E-state index is 0. The predicted octanol–water partition coefficient (Wildman–Crippen LogP) is 1.54. The highest BCUT2D eigenvalue weighted by Crippen LogP contribution is 2.31. The number of halogens is 3. The Hall–Kier alpha value is -1.77. The summed E-state index contributed by atoms with van der Waals surface area (Å²) in [6, 6.07) is 2.72.